The molecular formula is C26H24Cl2N2O2. The number of halogens is 2. The molecule has 32 heavy (non-hydrogen) atoms. The van der Waals surface area contributed by atoms with Crippen LogP contribution in [0.25, 0.3) is 0 Å². The number of amides is 1. The number of rotatable bonds is 4. The predicted octanol–water partition coefficient (Wildman–Crippen LogP) is 5.41. The molecule has 0 radical (unpaired) electrons. The summed E-state index contributed by atoms with van der Waals surface area (Å²) >= 11 is 12.5. The monoisotopic (exact) mass is 466 g/mol. The Morgan fingerprint density at radius 2 is 1.75 bits per heavy atom. The second-order valence-corrected chi connectivity index (χ2v) is 9.18. The lowest BCUT2D eigenvalue weighted by Crippen LogP contribution is -2.43. The van der Waals surface area contributed by atoms with Gasteiger partial charge in [0, 0.05) is 40.5 Å². The van der Waals surface area contributed by atoms with Crippen molar-refractivity contribution in [2.75, 3.05) is 12.3 Å². The van der Waals surface area contributed by atoms with Crippen molar-refractivity contribution in [3.05, 3.63) is 99.0 Å². The zero-order valence-electron chi connectivity index (χ0n) is 17.6. The van der Waals surface area contributed by atoms with Crippen LogP contribution in [-0.2, 0) is 15.0 Å². The minimum atomic E-state index is -1.12. The molecule has 4 nitrogen and oxygen atoms in total. The first-order valence-corrected chi connectivity index (χ1v) is 11.2. The van der Waals surface area contributed by atoms with Crippen LogP contribution in [0.4, 0.5) is 5.69 Å². The van der Waals surface area contributed by atoms with Crippen LogP contribution in [-0.4, -0.2) is 18.7 Å². The van der Waals surface area contributed by atoms with Crippen molar-refractivity contribution in [1.82, 2.24) is 5.32 Å². The maximum atomic E-state index is 13.3. The molecule has 3 atom stereocenters. The van der Waals surface area contributed by atoms with Gasteiger partial charge in [0.2, 0.25) is 5.91 Å². The van der Waals surface area contributed by atoms with Gasteiger partial charge in [0.25, 0.3) is 0 Å². The molecule has 1 amide bonds. The number of hydrogen-bond donors (Lipinski definition) is 2. The number of anilines is 1. The first kappa shape index (κ1) is 22.4. The van der Waals surface area contributed by atoms with Crippen molar-refractivity contribution >= 4 is 41.1 Å². The van der Waals surface area contributed by atoms with E-state index in [0.717, 1.165) is 23.0 Å². The fourth-order valence-electron chi connectivity index (χ4n) is 5.05. The molecule has 4 rings (SSSR count). The van der Waals surface area contributed by atoms with Gasteiger partial charge in [0.15, 0.2) is 0 Å². The summed E-state index contributed by atoms with van der Waals surface area (Å²) in [5.41, 5.74) is 9.27. The lowest BCUT2D eigenvalue weighted by atomic mass is 9.58. The highest BCUT2D eigenvalue weighted by molar-refractivity contribution is 6.31. The van der Waals surface area contributed by atoms with Gasteiger partial charge in [0.1, 0.15) is 6.29 Å². The molecule has 6 heteroatoms. The molecule has 3 aromatic carbocycles. The van der Waals surface area contributed by atoms with Crippen molar-refractivity contribution in [1.29, 1.82) is 0 Å². The highest BCUT2D eigenvalue weighted by Gasteiger charge is 2.51. The van der Waals surface area contributed by atoms with E-state index in [1.807, 2.05) is 55.5 Å². The first-order chi connectivity index (χ1) is 15.4. The molecule has 1 aliphatic rings. The predicted molar refractivity (Wildman–Crippen MR) is 129 cm³/mol. The van der Waals surface area contributed by atoms with Gasteiger partial charge >= 0.3 is 0 Å². The van der Waals surface area contributed by atoms with Gasteiger partial charge in [-0.2, -0.15) is 0 Å². The first-order valence-electron chi connectivity index (χ1n) is 10.5. The summed E-state index contributed by atoms with van der Waals surface area (Å²) in [5, 5.41) is 4.06. The average Bonchev–Trinajstić information content (AvgIpc) is 2.91. The largest absolute Gasteiger partial charge is 0.398 e. The Morgan fingerprint density at radius 3 is 2.44 bits per heavy atom. The summed E-state index contributed by atoms with van der Waals surface area (Å²) < 4.78 is 0. The third-order valence-electron chi connectivity index (χ3n) is 6.54. The van der Waals surface area contributed by atoms with Gasteiger partial charge in [-0.05, 0) is 53.4 Å². The van der Waals surface area contributed by atoms with E-state index in [9.17, 15) is 9.59 Å². The van der Waals surface area contributed by atoms with Gasteiger partial charge in [-0.1, -0.05) is 65.7 Å². The molecule has 1 heterocycles. The summed E-state index contributed by atoms with van der Waals surface area (Å²) in [7, 11) is 0. The SMILES string of the molecule is Cc1ccccc1[C@@H]1CNC(=O)C[C@H](c2cccc(Cl)c2)[C@]1(C=O)c1ccc(Cl)cc1N. The molecule has 164 valence electrons. The zero-order chi connectivity index (χ0) is 22.9. The number of carbonyl (C=O) groups is 2. The average molecular weight is 467 g/mol. The molecule has 0 spiro atoms. The van der Waals surface area contributed by atoms with Crippen LogP contribution in [0.3, 0.4) is 0 Å². The van der Waals surface area contributed by atoms with Crippen molar-refractivity contribution in [3.8, 4) is 0 Å². The van der Waals surface area contributed by atoms with Crippen LogP contribution in [0.2, 0.25) is 10.0 Å². The van der Waals surface area contributed by atoms with Gasteiger partial charge in [-0.3, -0.25) is 4.79 Å². The topological polar surface area (TPSA) is 72.2 Å². The second kappa shape index (κ2) is 8.97. The third kappa shape index (κ3) is 3.89. The number of carbonyl (C=O) groups excluding carboxylic acids is 2. The standard InChI is InChI=1S/C26H24Cl2N2O2/c1-16-5-2-3-8-20(16)23-14-30-25(32)13-22(17-6-4-7-18(27)11-17)26(23,15-31)21-10-9-19(28)12-24(21)29/h2-12,15,22-23H,13-14,29H2,1H3,(H,30,32)/t22-,23+,26+/m1/s1. The number of nitrogen functional groups attached to an aromatic ring is 1. The molecule has 0 aliphatic carbocycles. The number of hydrogen-bond acceptors (Lipinski definition) is 3. The molecule has 0 saturated carbocycles. The molecule has 3 aromatic rings. The molecule has 3 N–H and O–H groups in total. The van der Waals surface area contributed by atoms with E-state index < -0.39 is 11.3 Å². The Hall–Kier alpha value is -2.82. The molecule has 1 aliphatic heterocycles. The van der Waals surface area contributed by atoms with Gasteiger partial charge in [0.05, 0.1) is 5.41 Å². The summed E-state index contributed by atoms with van der Waals surface area (Å²) in [6.45, 7) is 2.32. The Bertz CT molecular complexity index is 1180. The van der Waals surface area contributed by atoms with Crippen LogP contribution in [0.15, 0.2) is 66.7 Å². The van der Waals surface area contributed by atoms with E-state index in [1.165, 1.54) is 0 Å². The van der Waals surface area contributed by atoms with Crippen molar-refractivity contribution in [2.24, 2.45) is 0 Å². The minimum Gasteiger partial charge on any atom is -0.398 e. The van der Waals surface area contributed by atoms with Crippen molar-refractivity contribution in [2.45, 2.75) is 30.6 Å². The van der Waals surface area contributed by atoms with Gasteiger partial charge in [-0.15, -0.1) is 0 Å². The number of aryl methyl sites for hydroxylation is 1. The highest BCUT2D eigenvalue weighted by atomic mass is 35.5. The van der Waals surface area contributed by atoms with Crippen LogP contribution in [0.1, 0.15) is 40.5 Å². The van der Waals surface area contributed by atoms with Crippen molar-refractivity contribution in [3.63, 3.8) is 0 Å². The quantitative estimate of drug-likeness (QED) is 0.398. The maximum Gasteiger partial charge on any atom is 0.220 e. The van der Waals surface area contributed by atoms with E-state index in [4.69, 9.17) is 28.9 Å². The van der Waals surface area contributed by atoms with Crippen molar-refractivity contribution < 1.29 is 9.59 Å². The summed E-state index contributed by atoms with van der Waals surface area (Å²) in [6, 6.07) is 20.5. The second-order valence-electron chi connectivity index (χ2n) is 8.31. The summed E-state index contributed by atoms with van der Waals surface area (Å²) in [4.78, 5) is 26.2. The van der Waals surface area contributed by atoms with E-state index >= 15 is 0 Å². The molecule has 1 fully saturated rings. The fourth-order valence-corrected chi connectivity index (χ4v) is 5.43. The van der Waals surface area contributed by atoms with Crippen LogP contribution in [0.5, 0.6) is 0 Å². The molecule has 0 unspecified atom stereocenters. The number of aldehydes is 1. The normalized spacial score (nSPS) is 23.3. The number of nitrogens with one attached hydrogen (secondary N) is 1. The Labute approximate surface area is 197 Å². The van der Waals surface area contributed by atoms with E-state index in [2.05, 4.69) is 5.32 Å². The van der Waals surface area contributed by atoms with E-state index in [-0.39, 0.29) is 18.2 Å². The highest BCUT2D eigenvalue weighted by Crippen LogP contribution is 2.52. The van der Waals surface area contributed by atoms with Crippen LogP contribution < -0.4 is 11.1 Å². The summed E-state index contributed by atoms with van der Waals surface area (Å²) in [6.07, 6.45) is 1.10. The fraction of sp³-hybridized carbons (Fsp3) is 0.231. The molecular weight excluding hydrogens is 443 g/mol. The van der Waals surface area contributed by atoms with E-state index in [1.54, 1.807) is 18.2 Å². The van der Waals surface area contributed by atoms with Gasteiger partial charge < -0.3 is 15.8 Å². The maximum absolute atomic E-state index is 13.3. The lowest BCUT2D eigenvalue weighted by Gasteiger charge is -2.42. The summed E-state index contributed by atoms with van der Waals surface area (Å²) in [5.74, 6) is -0.945. The van der Waals surface area contributed by atoms with Gasteiger partial charge in [-0.25, -0.2) is 0 Å². The molecule has 0 aromatic heterocycles. The number of nitrogens with two attached hydrogens (primary N) is 1. The smallest absolute Gasteiger partial charge is 0.220 e. The number of benzene rings is 3. The van der Waals surface area contributed by atoms with E-state index in [0.29, 0.717) is 27.8 Å². The Balaban J connectivity index is 2.07. The molecule has 1 saturated heterocycles. The molecule has 0 bridgehead atoms. The third-order valence-corrected chi connectivity index (χ3v) is 7.01. The zero-order valence-corrected chi connectivity index (χ0v) is 19.2. The Morgan fingerprint density at radius 1 is 1.00 bits per heavy atom. The van der Waals surface area contributed by atoms with Crippen LogP contribution >= 0.6 is 23.2 Å². The lowest BCUT2D eigenvalue weighted by molar-refractivity contribution is -0.121. The Kier molecular flexibility index (Phi) is 6.27. The minimum absolute atomic E-state index is 0.121. The van der Waals surface area contributed by atoms with Crippen LogP contribution in [0, 0.1) is 6.92 Å².